The van der Waals surface area contributed by atoms with E-state index in [0.717, 1.165) is 16.0 Å². The number of aliphatic carboxylic acids is 1. The van der Waals surface area contributed by atoms with Crippen LogP contribution in [-0.2, 0) is 22.6 Å². The van der Waals surface area contributed by atoms with Gasteiger partial charge in [-0.2, -0.15) is 13.2 Å². The maximum absolute atomic E-state index is 12.7. The van der Waals surface area contributed by atoms with Crippen LogP contribution >= 0.6 is 0 Å². The van der Waals surface area contributed by atoms with Gasteiger partial charge in [-0.1, -0.05) is 48.5 Å². The van der Waals surface area contributed by atoms with Gasteiger partial charge in [-0.05, 0) is 28.7 Å². The highest BCUT2D eigenvalue weighted by Crippen LogP contribution is 2.32. The Bertz CT molecular complexity index is 849. The fourth-order valence-corrected chi connectivity index (χ4v) is 3.43. The first kappa shape index (κ1) is 18.9. The summed E-state index contributed by atoms with van der Waals surface area (Å²) in [6.07, 6.45) is -4.69. The Morgan fingerprint density at radius 3 is 2.37 bits per heavy atom. The molecule has 27 heavy (non-hydrogen) atoms. The summed E-state index contributed by atoms with van der Waals surface area (Å²) in [4.78, 5) is 23.6. The maximum atomic E-state index is 12.7. The van der Waals surface area contributed by atoms with Crippen molar-refractivity contribution in [2.45, 2.75) is 31.5 Å². The van der Waals surface area contributed by atoms with Gasteiger partial charge in [0.2, 0.25) is 0 Å². The molecule has 1 amide bonds. The van der Waals surface area contributed by atoms with E-state index < -0.39 is 24.0 Å². The zero-order valence-corrected chi connectivity index (χ0v) is 14.4. The van der Waals surface area contributed by atoms with E-state index in [-0.39, 0.29) is 19.5 Å². The van der Waals surface area contributed by atoms with E-state index in [2.05, 4.69) is 0 Å². The van der Waals surface area contributed by atoms with Gasteiger partial charge >= 0.3 is 18.1 Å². The Balaban J connectivity index is 1.92. The number of nitrogens with zero attached hydrogens (tertiary/aromatic N) is 1. The van der Waals surface area contributed by atoms with E-state index in [0.29, 0.717) is 17.5 Å². The number of carboxylic acid groups (broad SMARTS) is 1. The third-order valence-electron chi connectivity index (χ3n) is 4.76. The third-order valence-corrected chi connectivity index (χ3v) is 4.76. The van der Waals surface area contributed by atoms with Gasteiger partial charge in [0, 0.05) is 19.0 Å². The average Bonchev–Trinajstić information content (AvgIpc) is 2.64. The maximum Gasteiger partial charge on any atom is 0.471 e. The minimum Gasteiger partial charge on any atom is -0.481 e. The van der Waals surface area contributed by atoms with E-state index in [1.807, 2.05) is 42.5 Å². The molecule has 2 aromatic rings. The number of hydrogen-bond acceptors (Lipinski definition) is 2. The molecule has 142 valence electrons. The van der Waals surface area contributed by atoms with Gasteiger partial charge in [0.15, 0.2) is 0 Å². The molecule has 0 bridgehead atoms. The normalized spacial score (nSPS) is 15.1. The van der Waals surface area contributed by atoms with Crippen LogP contribution in [0.1, 0.15) is 34.6 Å². The number of carbonyl (C=O) groups excluding carboxylic acids is 1. The van der Waals surface area contributed by atoms with Crippen molar-refractivity contribution in [2.24, 2.45) is 0 Å². The fourth-order valence-electron chi connectivity index (χ4n) is 3.43. The van der Waals surface area contributed by atoms with E-state index in [9.17, 15) is 27.9 Å². The first-order valence-electron chi connectivity index (χ1n) is 8.50. The van der Waals surface area contributed by atoms with Crippen molar-refractivity contribution in [3.63, 3.8) is 0 Å². The summed E-state index contributed by atoms with van der Waals surface area (Å²) in [6.45, 7) is -0.113. The topological polar surface area (TPSA) is 57.6 Å². The monoisotopic (exact) mass is 377 g/mol. The summed E-state index contributed by atoms with van der Waals surface area (Å²) in [5.74, 6) is -3.22. The third kappa shape index (κ3) is 4.30. The van der Waals surface area contributed by atoms with Crippen LogP contribution in [-0.4, -0.2) is 34.6 Å². The van der Waals surface area contributed by atoms with E-state index in [1.54, 1.807) is 6.07 Å². The molecule has 0 saturated heterocycles. The van der Waals surface area contributed by atoms with Crippen molar-refractivity contribution < 1.29 is 27.9 Å². The van der Waals surface area contributed by atoms with Crippen molar-refractivity contribution in [2.75, 3.05) is 6.54 Å². The van der Waals surface area contributed by atoms with Gasteiger partial charge in [-0.15, -0.1) is 0 Å². The molecule has 0 aliphatic carbocycles. The lowest BCUT2D eigenvalue weighted by molar-refractivity contribution is -0.186. The van der Waals surface area contributed by atoms with Gasteiger partial charge in [0.25, 0.3) is 0 Å². The molecule has 1 atom stereocenters. The SMILES string of the molecule is O=C(O)CC(c1ccccc1)c1ccc2c(c1)CN(C(=O)C(F)(F)F)CC2. The number of halogens is 3. The van der Waals surface area contributed by atoms with E-state index >= 15 is 0 Å². The number of alkyl halides is 3. The van der Waals surface area contributed by atoms with Gasteiger partial charge in [0.1, 0.15) is 0 Å². The van der Waals surface area contributed by atoms with Crippen LogP contribution in [0.25, 0.3) is 0 Å². The number of amides is 1. The number of hydrogen-bond donors (Lipinski definition) is 1. The van der Waals surface area contributed by atoms with Crippen molar-refractivity contribution >= 4 is 11.9 Å². The van der Waals surface area contributed by atoms with Gasteiger partial charge in [0.05, 0.1) is 6.42 Å². The molecule has 1 unspecified atom stereocenters. The van der Waals surface area contributed by atoms with Crippen LogP contribution in [0, 0.1) is 0 Å². The van der Waals surface area contributed by atoms with Crippen LogP contribution in [0.15, 0.2) is 48.5 Å². The minimum atomic E-state index is -4.90. The van der Waals surface area contributed by atoms with Gasteiger partial charge in [-0.25, -0.2) is 0 Å². The van der Waals surface area contributed by atoms with Crippen LogP contribution in [0.4, 0.5) is 13.2 Å². The standard InChI is InChI=1S/C20H18F3NO3/c21-20(22,23)19(27)24-9-8-13-6-7-15(10-16(13)12-24)17(11-18(25)26)14-4-2-1-3-5-14/h1-7,10,17H,8-9,11-12H2,(H,25,26). The molecule has 0 spiro atoms. The number of rotatable bonds is 4. The zero-order chi connectivity index (χ0) is 19.6. The summed E-state index contributed by atoms with van der Waals surface area (Å²) in [7, 11) is 0. The summed E-state index contributed by atoms with van der Waals surface area (Å²) in [5.41, 5.74) is 3.04. The second-order valence-corrected chi connectivity index (χ2v) is 6.56. The van der Waals surface area contributed by atoms with Crippen LogP contribution < -0.4 is 0 Å². The molecule has 3 rings (SSSR count). The van der Waals surface area contributed by atoms with Crippen molar-refractivity contribution in [1.82, 2.24) is 4.90 Å². The first-order valence-corrected chi connectivity index (χ1v) is 8.50. The second kappa shape index (κ2) is 7.42. The van der Waals surface area contributed by atoms with Crippen molar-refractivity contribution in [3.8, 4) is 0 Å². The molecule has 0 saturated carbocycles. The predicted octanol–water partition coefficient (Wildman–Crippen LogP) is 3.74. The largest absolute Gasteiger partial charge is 0.481 e. The number of fused-ring (bicyclic) bond motifs is 1. The molecule has 1 N–H and O–H groups in total. The molecule has 2 aromatic carbocycles. The number of carboxylic acids is 1. The van der Waals surface area contributed by atoms with Crippen molar-refractivity contribution in [3.05, 3.63) is 70.8 Å². The van der Waals surface area contributed by atoms with E-state index in [4.69, 9.17) is 0 Å². The predicted molar refractivity (Wildman–Crippen MR) is 92.2 cm³/mol. The molecule has 0 fully saturated rings. The highest BCUT2D eigenvalue weighted by molar-refractivity contribution is 5.82. The highest BCUT2D eigenvalue weighted by atomic mass is 19.4. The summed E-state index contributed by atoms with van der Waals surface area (Å²) >= 11 is 0. The summed E-state index contributed by atoms with van der Waals surface area (Å²) in [6, 6.07) is 14.5. The Labute approximate surface area is 154 Å². The molecular weight excluding hydrogens is 359 g/mol. The Hall–Kier alpha value is -2.83. The minimum absolute atomic E-state index is 0.0158. The average molecular weight is 377 g/mol. The lowest BCUT2D eigenvalue weighted by atomic mass is 9.86. The molecular formula is C20H18F3NO3. The number of benzene rings is 2. The van der Waals surface area contributed by atoms with Crippen LogP contribution in [0.3, 0.4) is 0 Å². The lowest BCUT2D eigenvalue weighted by Crippen LogP contribution is -2.43. The van der Waals surface area contributed by atoms with Crippen molar-refractivity contribution in [1.29, 1.82) is 0 Å². The molecule has 0 aromatic heterocycles. The summed E-state index contributed by atoms with van der Waals surface area (Å²) in [5, 5.41) is 9.27. The molecule has 7 heteroatoms. The Kier molecular flexibility index (Phi) is 5.21. The van der Waals surface area contributed by atoms with E-state index in [1.165, 1.54) is 0 Å². The first-order chi connectivity index (χ1) is 12.8. The number of carbonyl (C=O) groups is 2. The zero-order valence-electron chi connectivity index (χ0n) is 14.4. The second-order valence-electron chi connectivity index (χ2n) is 6.56. The lowest BCUT2D eigenvalue weighted by Gasteiger charge is -2.30. The molecule has 1 aliphatic rings. The molecule has 1 heterocycles. The quantitative estimate of drug-likeness (QED) is 0.883. The smallest absolute Gasteiger partial charge is 0.471 e. The Morgan fingerprint density at radius 1 is 1.04 bits per heavy atom. The van der Waals surface area contributed by atoms with Gasteiger partial charge < -0.3 is 10.0 Å². The van der Waals surface area contributed by atoms with Crippen LogP contribution in [0.2, 0.25) is 0 Å². The molecule has 1 aliphatic heterocycles. The summed E-state index contributed by atoms with van der Waals surface area (Å²) < 4.78 is 38.2. The highest BCUT2D eigenvalue weighted by Gasteiger charge is 2.43. The van der Waals surface area contributed by atoms with Crippen LogP contribution in [0.5, 0.6) is 0 Å². The fraction of sp³-hybridized carbons (Fsp3) is 0.300. The molecule has 4 nitrogen and oxygen atoms in total. The van der Waals surface area contributed by atoms with Gasteiger partial charge in [-0.3, -0.25) is 9.59 Å². The Morgan fingerprint density at radius 2 is 1.74 bits per heavy atom. The molecule has 0 radical (unpaired) electrons.